The molecule has 0 atom stereocenters. The number of halogens is 4. The number of aromatic nitrogens is 1. The second kappa shape index (κ2) is 9.92. The Morgan fingerprint density at radius 1 is 1.14 bits per heavy atom. The molecule has 0 radical (unpaired) electrons. The molecule has 1 heterocycles. The van der Waals surface area contributed by atoms with Gasteiger partial charge in [-0.15, -0.1) is 48.5 Å². The maximum atomic E-state index is 12.1. The molecule has 0 aliphatic heterocycles. The molecule has 0 unspecified atom stereocenters. The Morgan fingerprint density at radius 3 is 2.54 bits per heavy atom. The van der Waals surface area contributed by atoms with Crippen LogP contribution in [0, 0.1) is 0 Å². The van der Waals surface area contributed by atoms with Crippen LogP contribution in [-0.4, -0.2) is 23.9 Å². The van der Waals surface area contributed by atoms with E-state index in [-0.39, 0.29) is 35.7 Å². The molecule has 0 aliphatic carbocycles. The van der Waals surface area contributed by atoms with Gasteiger partial charge in [0.05, 0.1) is 15.2 Å². The number of fused-ring (bicyclic) bond motifs is 1. The Balaban J connectivity index is 0.00000280. The molecule has 0 saturated heterocycles. The summed E-state index contributed by atoms with van der Waals surface area (Å²) < 4.78 is 41.4. The van der Waals surface area contributed by atoms with Crippen LogP contribution in [0.25, 0.3) is 10.2 Å². The van der Waals surface area contributed by atoms with Crippen LogP contribution in [0.4, 0.5) is 18.9 Å². The van der Waals surface area contributed by atoms with E-state index >= 15 is 0 Å². The first-order valence-corrected chi connectivity index (χ1v) is 8.98. The van der Waals surface area contributed by atoms with Crippen LogP contribution in [0.2, 0.25) is 0 Å². The standard InChI is InChI=1S/C18H17F3N4OS.HI/c19-18(20,21)26-13-9-7-12(8-10-13)24-17(22)23-11-3-6-16-25-14-4-1-2-5-15(14)27-16;/h1-2,4-5,7-10H,3,6,11H2,(H3,22,23,24);1H. The number of aliphatic imine (C=N–C) groups is 1. The second-order valence-electron chi connectivity index (χ2n) is 5.64. The van der Waals surface area contributed by atoms with Crippen molar-refractivity contribution < 1.29 is 17.9 Å². The average Bonchev–Trinajstić information content (AvgIpc) is 3.02. The number of rotatable bonds is 6. The van der Waals surface area contributed by atoms with Crippen molar-refractivity contribution in [2.45, 2.75) is 19.2 Å². The van der Waals surface area contributed by atoms with E-state index in [0.29, 0.717) is 12.2 Å². The second-order valence-corrected chi connectivity index (χ2v) is 6.76. The Morgan fingerprint density at radius 2 is 1.86 bits per heavy atom. The lowest BCUT2D eigenvalue weighted by molar-refractivity contribution is -0.274. The van der Waals surface area contributed by atoms with Crippen molar-refractivity contribution in [3.8, 4) is 5.75 Å². The Bertz CT molecular complexity index is 895. The molecular weight excluding hydrogens is 504 g/mol. The van der Waals surface area contributed by atoms with Crippen molar-refractivity contribution in [3.63, 3.8) is 0 Å². The number of nitrogens with two attached hydrogens (primary N) is 1. The summed E-state index contributed by atoms with van der Waals surface area (Å²) in [5.74, 6) is -0.0943. The van der Waals surface area contributed by atoms with E-state index < -0.39 is 6.36 Å². The number of thiazole rings is 1. The zero-order chi connectivity index (χ0) is 19.3. The van der Waals surface area contributed by atoms with Gasteiger partial charge >= 0.3 is 6.36 Å². The lowest BCUT2D eigenvalue weighted by Gasteiger charge is -2.10. The number of ether oxygens (including phenoxy) is 1. The number of guanidine groups is 1. The molecule has 5 nitrogen and oxygen atoms in total. The summed E-state index contributed by atoms with van der Waals surface area (Å²) in [6, 6.07) is 13.3. The molecule has 0 aliphatic rings. The molecule has 2 aromatic carbocycles. The van der Waals surface area contributed by atoms with Crippen LogP contribution >= 0.6 is 35.3 Å². The molecule has 10 heteroatoms. The zero-order valence-electron chi connectivity index (χ0n) is 14.6. The van der Waals surface area contributed by atoms with E-state index in [0.717, 1.165) is 28.1 Å². The summed E-state index contributed by atoms with van der Waals surface area (Å²) in [5, 5.41) is 3.88. The number of para-hydroxylation sites is 1. The van der Waals surface area contributed by atoms with E-state index in [1.807, 2.05) is 24.3 Å². The Hall–Kier alpha value is -2.08. The van der Waals surface area contributed by atoms with Gasteiger partial charge in [-0.25, -0.2) is 4.98 Å². The van der Waals surface area contributed by atoms with Crippen molar-refractivity contribution >= 4 is 57.2 Å². The highest BCUT2D eigenvalue weighted by molar-refractivity contribution is 14.0. The number of benzene rings is 2. The monoisotopic (exact) mass is 522 g/mol. The third kappa shape index (κ3) is 6.82. The number of alkyl halides is 3. The van der Waals surface area contributed by atoms with Gasteiger partial charge in [0.25, 0.3) is 0 Å². The first kappa shape index (κ1) is 22.2. The normalized spacial score (nSPS) is 11.9. The fourth-order valence-corrected chi connectivity index (χ4v) is 3.39. The first-order chi connectivity index (χ1) is 12.9. The molecular formula is C18H18F3IN4OS. The Labute approximate surface area is 180 Å². The predicted molar refractivity (Wildman–Crippen MR) is 117 cm³/mol. The predicted octanol–water partition coefficient (Wildman–Crippen LogP) is 5.17. The highest BCUT2D eigenvalue weighted by Gasteiger charge is 2.30. The number of hydrogen-bond acceptors (Lipinski definition) is 4. The van der Waals surface area contributed by atoms with Crippen LogP contribution < -0.4 is 15.8 Å². The molecule has 0 amide bonds. The van der Waals surface area contributed by atoms with Gasteiger partial charge in [0.1, 0.15) is 5.75 Å². The van der Waals surface area contributed by atoms with Crippen molar-refractivity contribution in [1.29, 1.82) is 0 Å². The van der Waals surface area contributed by atoms with Gasteiger partial charge in [-0.1, -0.05) is 12.1 Å². The van der Waals surface area contributed by atoms with Gasteiger partial charge in [-0.2, -0.15) is 0 Å². The maximum absolute atomic E-state index is 12.1. The summed E-state index contributed by atoms with van der Waals surface area (Å²) in [7, 11) is 0. The molecule has 0 fully saturated rings. The fraction of sp³-hybridized carbons (Fsp3) is 0.222. The third-order valence-corrected chi connectivity index (χ3v) is 4.63. The van der Waals surface area contributed by atoms with Crippen molar-refractivity contribution in [3.05, 3.63) is 53.5 Å². The molecule has 3 N–H and O–H groups in total. The first-order valence-electron chi connectivity index (χ1n) is 8.16. The molecule has 0 saturated carbocycles. The minimum Gasteiger partial charge on any atom is -0.406 e. The zero-order valence-corrected chi connectivity index (χ0v) is 17.7. The van der Waals surface area contributed by atoms with E-state index in [2.05, 4.69) is 20.0 Å². The molecule has 28 heavy (non-hydrogen) atoms. The van der Waals surface area contributed by atoms with Crippen molar-refractivity contribution in [1.82, 2.24) is 4.98 Å². The molecule has 3 rings (SSSR count). The highest BCUT2D eigenvalue weighted by Crippen LogP contribution is 2.24. The topological polar surface area (TPSA) is 72.5 Å². The minimum absolute atomic E-state index is 0. The van der Waals surface area contributed by atoms with E-state index in [9.17, 15) is 13.2 Å². The third-order valence-electron chi connectivity index (χ3n) is 3.53. The van der Waals surface area contributed by atoms with E-state index in [4.69, 9.17) is 5.73 Å². The van der Waals surface area contributed by atoms with Gasteiger partial charge in [-0.05, 0) is 42.8 Å². The van der Waals surface area contributed by atoms with E-state index in [1.165, 1.54) is 24.3 Å². The minimum atomic E-state index is -4.71. The summed E-state index contributed by atoms with van der Waals surface area (Å²) >= 11 is 1.67. The summed E-state index contributed by atoms with van der Waals surface area (Å²) in [5.41, 5.74) is 7.33. The molecule has 150 valence electrons. The summed E-state index contributed by atoms with van der Waals surface area (Å²) in [6.45, 7) is 0.518. The Kier molecular flexibility index (Phi) is 7.87. The molecule has 1 aromatic heterocycles. The molecule has 0 spiro atoms. The smallest absolute Gasteiger partial charge is 0.406 e. The summed E-state index contributed by atoms with van der Waals surface area (Å²) in [4.78, 5) is 8.78. The largest absolute Gasteiger partial charge is 0.573 e. The number of aryl methyl sites for hydroxylation is 1. The van der Waals surface area contributed by atoms with Gasteiger partial charge in [-0.3, -0.25) is 4.99 Å². The molecule has 0 bridgehead atoms. The van der Waals surface area contributed by atoms with Crippen LogP contribution in [-0.2, 0) is 6.42 Å². The lowest BCUT2D eigenvalue weighted by Crippen LogP contribution is -2.23. The van der Waals surface area contributed by atoms with Crippen molar-refractivity contribution in [2.24, 2.45) is 10.7 Å². The van der Waals surface area contributed by atoms with Gasteiger partial charge in [0.2, 0.25) is 0 Å². The van der Waals surface area contributed by atoms with Gasteiger partial charge in [0, 0.05) is 18.7 Å². The maximum Gasteiger partial charge on any atom is 0.573 e. The van der Waals surface area contributed by atoms with Crippen LogP contribution in [0.5, 0.6) is 5.75 Å². The van der Waals surface area contributed by atoms with Gasteiger partial charge < -0.3 is 15.8 Å². The fourth-order valence-electron chi connectivity index (χ4n) is 2.38. The van der Waals surface area contributed by atoms with Crippen LogP contribution in [0.3, 0.4) is 0 Å². The number of anilines is 1. The highest BCUT2D eigenvalue weighted by atomic mass is 127. The van der Waals surface area contributed by atoms with Crippen molar-refractivity contribution in [2.75, 3.05) is 11.9 Å². The van der Waals surface area contributed by atoms with Gasteiger partial charge in [0.15, 0.2) is 5.96 Å². The number of nitrogens with zero attached hydrogens (tertiary/aromatic N) is 2. The van der Waals surface area contributed by atoms with Crippen LogP contribution in [0.1, 0.15) is 11.4 Å². The SMILES string of the molecule is I.NC(=NCCCc1nc2ccccc2s1)Nc1ccc(OC(F)(F)F)cc1. The summed E-state index contributed by atoms with van der Waals surface area (Å²) in [6.07, 6.45) is -3.11. The number of nitrogens with one attached hydrogen (secondary N) is 1. The molecule has 3 aromatic rings. The number of hydrogen-bond donors (Lipinski definition) is 2. The quantitative estimate of drug-likeness (QED) is 0.203. The lowest BCUT2D eigenvalue weighted by atomic mass is 10.3. The van der Waals surface area contributed by atoms with E-state index in [1.54, 1.807) is 11.3 Å². The van der Waals surface area contributed by atoms with Crippen LogP contribution in [0.15, 0.2) is 53.5 Å². The average molecular weight is 522 g/mol.